The third-order valence-electron chi connectivity index (χ3n) is 8.55. The highest BCUT2D eigenvalue weighted by atomic mass is 28.4. The largest absolute Gasteiger partial charge is 0.544 e. The molecule has 1 atom stereocenters. The molecule has 3 rings (SSSR count). The molecular weight excluding hydrogens is 544 g/mol. The average Bonchev–Trinajstić information content (AvgIpc) is 2.86. The number of aromatic nitrogens is 1. The number of carboxylic acid groups (broad SMARTS) is 1. The topological polar surface area (TPSA) is 81.1 Å². The number of carbonyl (C=O) groups is 1. The fraction of sp³-hybridized carbons (Fsp3) is 0.588. The van der Waals surface area contributed by atoms with E-state index in [4.69, 9.17) is 18.9 Å². The number of aryl methyl sites for hydroxylation is 2. The highest BCUT2D eigenvalue weighted by Gasteiger charge is 2.40. The predicted octanol–water partition coefficient (Wildman–Crippen LogP) is 8.25. The van der Waals surface area contributed by atoms with E-state index in [1.807, 2.05) is 46.8 Å². The Hall–Kier alpha value is -2.68. The lowest BCUT2D eigenvalue weighted by molar-refractivity contribution is -0.160. The van der Waals surface area contributed by atoms with Crippen LogP contribution >= 0.6 is 0 Å². The van der Waals surface area contributed by atoms with Gasteiger partial charge in [-0.05, 0) is 90.2 Å². The molecule has 0 spiro atoms. The molecule has 1 unspecified atom stereocenters. The number of nitrogens with zero attached hydrogens (tertiary/aromatic N) is 2. The minimum atomic E-state index is -2.00. The van der Waals surface area contributed by atoms with Gasteiger partial charge in [0.05, 0.1) is 23.5 Å². The molecule has 1 N–H and O–H groups in total. The second-order valence-electron chi connectivity index (χ2n) is 14.3. The number of anilines is 1. The third kappa shape index (κ3) is 7.82. The first-order valence-corrected chi connectivity index (χ1v) is 17.9. The van der Waals surface area contributed by atoms with Crippen LogP contribution in [-0.4, -0.2) is 55.3 Å². The van der Waals surface area contributed by atoms with Crippen molar-refractivity contribution in [3.63, 3.8) is 0 Å². The molecule has 1 aliphatic rings. The van der Waals surface area contributed by atoms with Gasteiger partial charge in [-0.2, -0.15) is 0 Å². The normalized spacial score (nSPS) is 16.7. The van der Waals surface area contributed by atoms with Gasteiger partial charge in [0, 0.05) is 35.6 Å². The van der Waals surface area contributed by atoms with E-state index in [-0.39, 0.29) is 10.6 Å². The summed E-state index contributed by atoms with van der Waals surface area (Å²) >= 11 is 0. The predicted molar refractivity (Wildman–Crippen MR) is 174 cm³/mol. The van der Waals surface area contributed by atoms with Crippen LogP contribution in [0.2, 0.25) is 18.1 Å². The summed E-state index contributed by atoms with van der Waals surface area (Å²) in [6.45, 7) is 28.6. The van der Waals surface area contributed by atoms with E-state index in [9.17, 15) is 9.90 Å². The number of piperidine rings is 1. The number of carboxylic acids is 1. The molecule has 0 amide bonds. The molecule has 1 aromatic carbocycles. The average molecular weight is 597 g/mol. The van der Waals surface area contributed by atoms with Gasteiger partial charge < -0.3 is 23.9 Å². The molecule has 8 heteroatoms. The number of rotatable bonds is 10. The molecule has 1 aromatic heterocycles. The lowest BCUT2D eigenvalue weighted by Gasteiger charge is -2.42. The van der Waals surface area contributed by atoms with E-state index in [0.29, 0.717) is 31.0 Å². The van der Waals surface area contributed by atoms with Crippen LogP contribution < -0.4 is 9.33 Å². The van der Waals surface area contributed by atoms with Crippen LogP contribution in [0, 0.1) is 13.8 Å². The summed E-state index contributed by atoms with van der Waals surface area (Å²) in [6.07, 6.45) is 2.22. The number of hydrogen-bond acceptors (Lipinski definition) is 6. The van der Waals surface area contributed by atoms with Crippen LogP contribution in [0.1, 0.15) is 84.4 Å². The zero-order valence-corrected chi connectivity index (χ0v) is 28.7. The zero-order chi connectivity index (χ0) is 31.7. The van der Waals surface area contributed by atoms with Crippen molar-refractivity contribution in [3.8, 4) is 16.9 Å². The van der Waals surface area contributed by atoms with E-state index < -0.39 is 26.0 Å². The van der Waals surface area contributed by atoms with Crippen molar-refractivity contribution in [2.45, 2.75) is 111 Å². The zero-order valence-electron chi connectivity index (χ0n) is 27.7. The highest BCUT2D eigenvalue weighted by molar-refractivity contribution is 6.74. The maximum atomic E-state index is 12.8. The van der Waals surface area contributed by atoms with Crippen LogP contribution in [-0.2, 0) is 14.3 Å². The summed E-state index contributed by atoms with van der Waals surface area (Å²) in [4.78, 5) is 20.0. The number of ether oxygens (including phenoxy) is 2. The molecule has 0 radical (unpaired) electrons. The van der Waals surface area contributed by atoms with Crippen molar-refractivity contribution in [2.24, 2.45) is 0 Å². The van der Waals surface area contributed by atoms with Crippen LogP contribution in [0.4, 0.5) is 5.69 Å². The molecule has 2 heterocycles. The van der Waals surface area contributed by atoms with Crippen molar-refractivity contribution in [3.05, 3.63) is 53.9 Å². The van der Waals surface area contributed by atoms with Crippen molar-refractivity contribution >= 4 is 20.0 Å². The number of hydrogen-bond donors (Lipinski definition) is 1. The van der Waals surface area contributed by atoms with Crippen LogP contribution in [0.25, 0.3) is 11.1 Å². The van der Waals surface area contributed by atoms with Crippen molar-refractivity contribution in [2.75, 3.05) is 24.6 Å². The summed E-state index contributed by atoms with van der Waals surface area (Å²) in [5.41, 5.74) is 3.95. The Labute approximate surface area is 254 Å². The highest BCUT2D eigenvalue weighted by Crippen LogP contribution is 2.45. The van der Waals surface area contributed by atoms with Crippen molar-refractivity contribution in [1.29, 1.82) is 0 Å². The molecule has 0 bridgehead atoms. The first-order valence-electron chi connectivity index (χ1n) is 15.0. The maximum Gasteiger partial charge on any atom is 0.337 e. The Morgan fingerprint density at radius 2 is 1.67 bits per heavy atom. The monoisotopic (exact) mass is 596 g/mol. The Balaban J connectivity index is 2.18. The number of aliphatic carboxylic acids is 1. The fourth-order valence-electron chi connectivity index (χ4n) is 5.16. The first kappa shape index (κ1) is 33.8. The second kappa shape index (κ2) is 12.5. The number of pyridine rings is 1. The summed E-state index contributed by atoms with van der Waals surface area (Å²) in [6, 6.07) is 8.18. The molecule has 0 aliphatic carbocycles. The van der Waals surface area contributed by atoms with E-state index in [0.717, 1.165) is 41.1 Å². The SMILES string of the molecule is C=CCOC1(C)CCN(c2c(-c3ccc(O[Si](C)(C)C(C)(C)C)cc3)c(C)nc(C)c2C(OC(C)(C)C)C(=O)O)CC1. The van der Waals surface area contributed by atoms with Crippen LogP contribution in [0.3, 0.4) is 0 Å². The van der Waals surface area contributed by atoms with E-state index in [2.05, 4.69) is 64.4 Å². The Morgan fingerprint density at radius 3 is 2.14 bits per heavy atom. The van der Waals surface area contributed by atoms with Gasteiger partial charge >= 0.3 is 5.97 Å². The van der Waals surface area contributed by atoms with Crippen LogP contribution in [0.5, 0.6) is 5.75 Å². The van der Waals surface area contributed by atoms with E-state index in [1.165, 1.54) is 0 Å². The lowest BCUT2D eigenvalue weighted by Crippen LogP contribution is -2.45. The Morgan fingerprint density at radius 1 is 1.10 bits per heavy atom. The van der Waals surface area contributed by atoms with Crippen LogP contribution in [0.15, 0.2) is 36.9 Å². The minimum Gasteiger partial charge on any atom is -0.544 e. The lowest BCUT2D eigenvalue weighted by atomic mass is 9.89. The number of benzene rings is 1. The second-order valence-corrected chi connectivity index (χ2v) is 19.0. The van der Waals surface area contributed by atoms with Crippen molar-refractivity contribution < 1.29 is 23.8 Å². The summed E-state index contributed by atoms with van der Waals surface area (Å²) in [5.74, 6) is -0.183. The smallest absolute Gasteiger partial charge is 0.337 e. The van der Waals surface area contributed by atoms with Gasteiger partial charge in [0.2, 0.25) is 8.32 Å². The van der Waals surface area contributed by atoms with Gasteiger partial charge in [0.1, 0.15) is 5.75 Å². The van der Waals surface area contributed by atoms with Gasteiger partial charge in [-0.15, -0.1) is 6.58 Å². The van der Waals surface area contributed by atoms with E-state index >= 15 is 0 Å². The molecule has 7 nitrogen and oxygen atoms in total. The molecule has 1 fully saturated rings. The molecule has 42 heavy (non-hydrogen) atoms. The summed E-state index contributed by atoms with van der Waals surface area (Å²) in [7, 11) is -2.00. The molecular formula is C34H52N2O5Si. The molecule has 2 aromatic rings. The van der Waals surface area contributed by atoms with Gasteiger partial charge in [-0.3, -0.25) is 4.98 Å². The fourth-order valence-corrected chi connectivity index (χ4v) is 6.20. The Bertz CT molecular complexity index is 1270. The van der Waals surface area contributed by atoms with Gasteiger partial charge in [0.15, 0.2) is 6.10 Å². The van der Waals surface area contributed by atoms with E-state index in [1.54, 1.807) is 6.08 Å². The molecule has 232 valence electrons. The standard InChI is InChI=1S/C34H52N2O5Si/c1-13-22-39-34(10)18-20-36(21-19-34)29-27(25-14-16-26(17-15-25)41-42(11,12)33(7,8)9)23(2)35-24(3)28(29)30(31(37)38)40-32(4,5)6/h13-17,30H,1,18-22H2,2-12H3,(H,37,38). The van der Waals surface area contributed by atoms with Gasteiger partial charge in [0.25, 0.3) is 0 Å². The molecule has 1 aliphatic heterocycles. The first-order chi connectivity index (χ1) is 19.3. The molecule has 0 saturated carbocycles. The third-order valence-corrected chi connectivity index (χ3v) is 12.9. The summed E-state index contributed by atoms with van der Waals surface area (Å²) in [5, 5.41) is 10.5. The minimum absolute atomic E-state index is 0.0856. The quantitative estimate of drug-likeness (QED) is 0.218. The van der Waals surface area contributed by atoms with Crippen molar-refractivity contribution in [1.82, 2.24) is 4.98 Å². The summed E-state index contributed by atoms with van der Waals surface area (Å²) < 4.78 is 18.9. The van der Waals surface area contributed by atoms with Gasteiger partial charge in [-0.25, -0.2) is 4.79 Å². The Kier molecular flexibility index (Phi) is 10.1. The maximum absolute atomic E-state index is 12.8. The molecule has 1 saturated heterocycles. The van der Waals surface area contributed by atoms with Gasteiger partial charge in [-0.1, -0.05) is 39.0 Å².